The van der Waals surface area contributed by atoms with Gasteiger partial charge < -0.3 is 5.32 Å². The number of halogens is 3. The van der Waals surface area contributed by atoms with Gasteiger partial charge in [0.15, 0.2) is 5.82 Å². The van der Waals surface area contributed by atoms with Crippen molar-refractivity contribution < 1.29 is 9.18 Å². The first kappa shape index (κ1) is 17.6. The predicted molar refractivity (Wildman–Crippen MR) is 96.0 cm³/mol. The van der Waals surface area contributed by atoms with E-state index >= 15 is 0 Å². The van der Waals surface area contributed by atoms with E-state index in [4.69, 9.17) is 11.6 Å². The molecule has 25 heavy (non-hydrogen) atoms. The third kappa shape index (κ3) is 4.26. The maximum atomic E-state index is 13.7. The van der Waals surface area contributed by atoms with E-state index in [1.165, 1.54) is 21.6 Å². The second-order valence-electron chi connectivity index (χ2n) is 5.42. The molecule has 0 saturated carbocycles. The van der Waals surface area contributed by atoms with Crippen LogP contribution in [0.3, 0.4) is 0 Å². The van der Waals surface area contributed by atoms with Crippen LogP contribution in [0.4, 0.5) is 10.2 Å². The van der Waals surface area contributed by atoms with Crippen LogP contribution in [-0.4, -0.2) is 25.5 Å². The molecule has 0 saturated heterocycles. The van der Waals surface area contributed by atoms with Crippen LogP contribution >= 0.6 is 27.5 Å². The summed E-state index contributed by atoms with van der Waals surface area (Å²) >= 11 is 9.45. The Balaban J connectivity index is 1.68. The largest absolute Gasteiger partial charge is 0.306 e. The highest BCUT2D eigenvalue weighted by Crippen LogP contribution is 2.21. The normalized spacial score (nSPS) is 10.9. The van der Waals surface area contributed by atoms with E-state index in [1.54, 1.807) is 24.4 Å². The van der Waals surface area contributed by atoms with Crippen LogP contribution in [0.15, 0.2) is 41.1 Å². The van der Waals surface area contributed by atoms with Crippen LogP contribution < -0.4 is 5.32 Å². The number of anilines is 1. The number of rotatable bonds is 5. The zero-order chi connectivity index (χ0) is 18.0. The second kappa shape index (κ2) is 7.37. The van der Waals surface area contributed by atoms with Crippen molar-refractivity contribution >= 4 is 39.3 Å². The van der Waals surface area contributed by atoms with Gasteiger partial charge in [-0.15, -0.1) is 0 Å². The molecule has 0 unspecified atom stereocenters. The van der Waals surface area contributed by atoms with Crippen LogP contribution in [0.1, 0.15) is 11.3 Å². The lowest BCUT2D eigenvalue weighted by Crippen LogP contribution is -2.19. The Morgan fingerprint density at radius 3 is 2.72 bits per heavy atom. The first-order valence-corrected chi connectivity index (χ1v) is 8.55. The van der Waals surface area contributed by atoms with Gasteiger partial charge in [-0.3, -0.25) is 14.2 Å². The molecule has 3 aromatic rings. The molecule has 0 atom stereocenters. The van der Waals surface area contributed by atoms with Gasteiger partial charge in [0.2, 0.25) is 5.91 Å². The van der Waals surface area contributed by atoms with E-state index in [9.17, 15) is 9.18 Å². The maximum absolute atomic E-state index is 13.7. The molecule has 130 valence electrons. The van der Waals surface area contributed by atoms with Gasteiger partial charge in [-0.05, 0) is 28.9 Å². The van der Waals surface area contributed by atoms with E-state index in [0.717, 1.165) is 10.2 Å². The Labute approximate surface area is 156 Å². The molecule has 0 aliphatic carbocycles. The number of aromatic nitrogens is 4. The third-order valence-electron chi connectivity index (χ3n) is 3.46. The van der Waals surface area contributed by atoms with E-state index < -0.39 is 0 Å². The molecule has 0 spiro atoms. The Hall–Kier alpha value is -2.19. The van der Waals surface area contributed by atoms with Gasteiger partial charge in [0.1, 0.15) is 17.4 Å². The number of carbonyl (C=O) groups excluding carboxylic acids is 1. The van der Waals surface area contributed by atoms with Gasteiger partial charge in [0, 0.05) is 18.0 Å². The number of hydrogen-bond acceptors (Lipinski definition) is 3. The number of benzene rings is 1. The standard InChI is InChI=1S/C16H14BrClFN5O/c1-10-12(17)7-24(21-10)9-15(25)20-16-13(18)8-23(22-16)6-11-4-2-3-5-14(11)19/h2-5,7-8H,6,9H2,1H3,(H,20,22,25). The lowest BCUT2D eigenvalue weighted by atomic mass is 10.2. The summed E-state index contributed by atoms with van der Waals surface area (Å²) in [6.45, 7) is 2.08. The quantitative estimate of drug-likeness (QED) is 0.677. The predicted octanol–water partition coefficient (Wildman–Crippen LogP) is 3.63. The number of hydrogen-bond donors (Lipinski definition) is 1. The average molecular weight is 427 g/mol. The summed E-state index contributed by atoms with van der Waals surface area (Å²) in [4.78, 5) is 12.1. The molecule has 0 fully saturated rings. The minimum Gasteiger partial charge on any atom is -0.306 e. The highest BCUT2D eigenvalue weighted by atomic mass is 79.9. The summed E-state index contributed by atoms with van der Waals surface area (Å²) in [6, 6.07) is 6.42. The van der Waals surface area contributed by atoms with E-state index in [-0.39, 0.29) is 35.7 Å². The molecule has 6 nitrogen and oxygen atoms in total. The van der Waals surface area contributed by atoms with Gasteiger partial charge in [-0.2, -0.15) is 10.2 Å². The second-order valence-corrected chi connectivity index (χ2v) is 6.68. The van der Waals surface area contributed by atoms with Crippen LogP contribution in [0.25, 0.3) is 0 Å². The summed E-state index contributed by atoms with van der Waals surface area (Å²) in [5, 5.41) is 11.3. The topological polar surface area (TPSA) is 64.7 Å². The number of nitrogens with zero attached hydrogens (tertiary/aromatic N) is 4. The minimum atomic E-state index is -0.320. The fourth-order valence-electron chi connectivity index (χ4n) is 2.26. The smallest absolute Gasteiger partial charge is 0.247 e. The van der Waals surface area contributed by atoms with Crippen molar-refractivity contribution in [1.29, 1.82) is 0 Å². The van der Waals surface area contributed by atoms with Crippen LogP contribution in [-0.2, 0) is 17.9 Å². The highest BCUT2D eigenvalue weighted by molar-refractivity contribution is 9.10. The summed E-state index contributed by atoms with van der Waals surface area (Å²) < 4.78 is 17.5. The SMILES string of the molecule is Cc1nn(CC(=O)Nc2nn(Cc3ccccc3F)cc2Cl)cc1Br. The molecular weight excluding hydrogens is 413 g/mol. The van der Waals surface area contributed by atoms with Crippen molar-refractivity contribution in [2.75, 3.05) is 5.32 Å². The molecule has 1 amide bonds. The molecule has 0 aliphatic rings. The van der Waals surface area contributed by atoms with Gasteiger partial charge >= 0.3 is 0 Å². The minimum absolute atomic E-state index is 0.0307. The summed E-state index contributed by atoms with van der Waals surface area (Å²) in [5.74, 6) is -0.404. The Bertz CT molecular complexity index is 904. The summed E-state index contributed by atoms with van der Waals surface area (Å²) in [7, 11) is 0. The first-order chi connectivity index (χ1) is 11.9. The molecule has 2 heterocycles. The van der Waals surface area contributed by atoms with Crippen molar-refractivity contribution in [2.24, 2.45) is 0 Å². The molecule has 3 rings (SSSR count). The molecule has 1 N–H and O–H groups in total. The Morgan fingerprint density at radius 1 is 1.28 bits per heavy atom. The molecule has 0 radical (unpaired) electrons. The Kier molecular flexibility index (Phi) is 5.19. The molecule has 1 aromatic carbocycles. The number of aryl methyl sites for hydroxylation is 1. The molecule has 0 bridgehead atoms. The molecule has 2 aromatic heterocycles. The summed E-state index contributed by atoms with van der Waals surface area (Å²) in [6.07, 6.45) is 3.26. The lowest BCUT2D eigenvalue weighted by Gasteiger charge is -2.04. The average Bonchev–Trinajstić information content (AvgIpc) is 3.04. The molecular formula is C16H14BrClFN5O. The number of nitrogens with one attached hydrogen (secondary N) is 1. The van der Waals surface area contributed by atoms with Crippen molar-refractivity contribution in [3.8, 4) is 0 Å². The van der Waals surface area contributed by atoms with Crippen LogP contribution in [0.2, 0.25) is 5.02 Å². The van der Waals surface area contributed by atoms with Crippen molar-refractivity contribution in [3.05, 3.63) is 63.2 Å². The van der Waals surface area contributed by atoms with Gasteiger partial charge in [-0.1, -0.05) is 29.8 Å². The third-order valence-corrected chi connectivity index (χ3v) is 4.51. The van der Waals surface area contributed by atoms with Crippen molar-refractivity contribution in [1.82, 2.24) is 19.6 Å². The highest BCUT2D eigenvalue weighted by Gasteiger charge is 2.13. The van der Waals surface area contributed by atoms with Crippen molar-refractivity contribution in [2.45, 2.75) is 20.0 Å². The van der Waals surface area contributed by atoms with Gasteiger partial charge in [0.05, 0.1) is 16.7 Å². The maximum Gasteiger partial charge on any atom is 0.247 e. The van der Waals surface area contributed by atoms with Crippen molar-refractivity contribution in [3.63, 3.8) is 0 Å². The monoisotopic (exact) mass is 425 g/mol. The van der Waals surface area contributed by atoms with Gasteiger partial charge in [0.25, 0.3) is 0 Å². The molecule has 0 aliphatic heterocycles. The zero-order valence-corrected chi connectivity index (χ0v) is 15.6. The Morgan fingerprint density at radius 2 is 2.04 bits per heavy atom. The fourth-order valence-corrected chi connectivity index (χ4v) is 2.77. The number of amides is 1. The van der Waals surface area contributed by atoms with E-state index in [0.29, 0.717) is 5.56 Å². The van der Waals surface area contributed by atoms with Crippen LogP contribution in [0.5, 0.6) is 0 Å². The zero-order valence-electron chi connectivity index (χ0n) is 13.2. The molecule has 9 heteroatoms. The van der Waals surface area contributed by atoms with Gasteiger partial charge in [-0.25, -0.2) is 4.39 Å². The lowest BCUT2D eigenvalue weighted by molar-refractivity contribution is -0.116. The first-order valence-electron chi connectivity index (χ1n) is 7.38. The van der Waals surface area contributed by atoms with E-state index in [2.05, 4.69) is 31.4 Å². The van der Waals surface area contributed by atoms with E-state index in [1.807, 2.05) is 6.92 Å². The number of carbonyl (C=O) groups is 1. The van der Waals surface area contributed by atoms with Crippen LogP contribution in [0, 0.1) is 12.7 Å². The fraction of sp³-hybridized carbons (Fsp3) is 0.188. The summed E-state index contributed by atoms with van der Waals surface area (Å²) in [5.41, 5.74) is 1.27.